The molecule has 2 aromatic carbocycles. The standard InChI is InChI=1S/C32H29ClN2O7S2/c1-5-40-30(37)21-11-9-19(10-12-21)17-42-28-22(33)14-20(15-23(28)39-4)16-25-29(36)35-27(24-8-7-13-43-24)26(31(38)41-6-2)18(3)34-32(35)44-25/h7-16,27H,5-6,17H2,1-4H3/b25-16-/t27-/m1/s1. The predicted molar refractivity (Wildman–Crippen MR) is 169 cm³/mol. The van der Waals surface area contributed by atoms with E-state index < -0.39 is 12.0 Å². The Balaban J connectivity index is 1.47. The van der Waals surface area contributed by atoms with E-state index in [1.807, 2.05) is 17.5 Å². The van der Waals surface area contributed by atoms with Crippen LogP contribution in [0.15, 0.2) is 75.0 Å². The predicted octanol–water partition coefficient (Wildman–Crippen LogP) is 5.28. The van der Waals surface area contributed by atoms with Crippen LogP contribution in [0.1, 0.15) is 53.2 Å². The van der Waals surface area contributed by atoms with E-state index in [4.69, 9.17) is 30.5 Å². The number of hydrogen-bond acceptors (Lipinski definition) is 10. The molecule has 0 amide bonds. The van der Waals surface area contributed by atoms with E-state index in [1.165, 1.54) is 29.8 Å². The molecule has 5 rings (SSSR count). The van der Waals surface area contributed by atoms with Crippen molar-refractivity contribution in [2.45, 2.75) is 33.4 Å². The van der Waals surface area contributed by atoms with Gasteiger partial charge in [-0.3, -0.25) is 9.36 Å². The highest BCUT2D eigenvalue weighted by atomic mass is 35.5. The molecule has 0 bridgehead atoms. The summed E-state index contributed by atoms with van der Waals surface area (Å²) in [6.07, 6.45) is 1.71. The van der Waals surface area contributed by atoms with Crippen molar-refractivity contribution in [3.8, 4) is 11.5 Å². The Labute approximate surface area is 266 Å². The van der Waals surface area contributed by atoms with Gasteiger partial charge in [-0.2, -0.15) is 0 Å². The monoisotopic (exact) mass is 652 g/mol. The zero-order valence-electron chi connectivity index (χ0n) is 24.4. The molecule has 0 saturated carbocycles. The number of ether oxygens (including phenoxy) is 4. The number of thiazole rings is 1. The van der Waals surface area contributed by atoms with Crippen LogP contribution < -0.4 is 24.4 Å². The van der Waals surface area contributed by atoms with Gasteiger partial charge in [-0.25, -0.2) is 14.6 Å². The second-order valence-corrected chi connectivity index (χ2v) is 12.0. The molecule has 1 aliphatic heterocycles. The van der Waals surface area contributed by atoms with Gasteiger partial charge in [0.2, 0.25) is 0 Å². The van der Waals surface area contributed by atoms with Crippen LogP contribution in [-0.2, 0) is 20.9 Å². The number of aromatic nitrogens is 1. The van der Waals surface area contributed by atoms with Crippen LogP contribution in [0.5, 0.6) is 11.5 Å². The molecule has 9 nitrogen and oxygen atoms in total. The van der Waals surface area contributed by atoms with Crippen molar-refractivity contribution in [1.29, 1.82) is 0 Å². The van der Waals surface area contributed by atoms with Gasteiger partial charge in [0.05, 0.1) is 46.7 Å². The summed E-state index contributed by atoms with van der Waals surface area (Å²) in [5, 5.41) is 2.20. The number of allylic oxidation sites excluding steroid dienone is 1. The van der Waals surface area contributed by atoms with E-state index in [-0.39, 0.29) is 24.7 Å². The number of hydrogen-bond donors (Lipinski definition) is 0. The lowest BCUT2D eigenvalue weighted by Crippen LogP contribution is -2.39. The molecule has 0 spiro atoms. The summed E-state index contributed by atoms with van der Waals surface area (Å²) in [5.74, 6) is -0.154. The van der Waals surface area contributed by atoms with Gasteiger partial charge in [-0.1, -0.05) is 41.1 Å². The lowest BCUT2D eigenvalue weighted by Gasteiger charge is -2.23. The minimum Gasteiger partial charge on any atom is -0.493 e. The number of carbonyl (C=O) groups excluding carboxylic acids is 2. The fraction of sp³-hybridized carbons (Fsp3) is 0.250. The molecule has 44 heavy (non-hydrogen) atoms. The third-order valence-corrected chi connectivity index (χ3v) is 8.92. The molecule has 1 atom stereocenters. The average Bonchev–Trinajstić information content (AvgIpc) is 3.64. The first-order chi connectivity index (χ1) is 21.2. The highest BCUT2D eigenvalue weighted by molar-refractivity contribution is 7.10. The van der Waals surface area contributed by atoms with Gasteiger partial charge in [0, 0.05) is 4.88 Å². The third-order valence-electron chi connectivity index (χ3n) is 6.73. The number of nitrogens with zero attached hydrogens (tertiary/aromatic N) is 2. The summed E-state index contributed by atoms with van der Waals surface area (Å²) >= 11 is 9.32. The molecule has 1 aliphatic rings. The molecule has 0 radical (unpaired) electrons. The van der Waals surface area contributed by atoms with E-state index in [1.54, 1.807) is 67.8 Å². The van der Waals surface area contributed by atoms with Gasteiger partial charge in [0.15, 0.2) is 16.3 Å². The Morgan fingerprint density at radius 2 is 1.80 bits per heavy atom. The zero-order chi connectivity index (χ0) is 31.4. The molecular formula is C32H29ClN2O7S2. The van der Waals surface area contributed by atoms with Crippen molar-refractivity contribution in [3.63, 3.8) is 0 Å². The summed E-state index contributed by atoms with van der Waals surface area (Å²) < 4.78 is 23.9. The zero-order valence-corrected chi connectivity index (χ0v) is 26.8. The smallest absolute Gasteiger partial charge is 0.338 e. The lowest BCUT2D eigenvalue weighted by atomic mass is 10.0. The van der Waals surface area contributed by atoms with Crippen molar-refractivity contribution < 1.29 is 28.5 Å². The third kappa shape index (κ3) is 6.35. The first kappa shape index (κ1) is 31.2. The Bertz CT molecular complexity index is 1910. The molecule has 2 aromatic heterocycles. The van der Waals surface area contributed by atoms with E-state index in [0.29, 0.717) is 54.9 Å². The van der Waals surface area contributed by atoms with Crippen molar-refractivity contribution in [2.24, 2.45) is 4.99 Å². The van der Waals surface area contributed by atoms with Crippen LogP contribution >= 0.6 is 34.3 Å². The number of fused-ring (bicyclic) bond motifs is 1. The van der Waals surface area contributed by atoms with Crippen LogP contribution in [0, 0.1) is 0 Å². The molecule has 0 saturated heterocycles. The van der Waals surface area contributed by atoms with Crippen LogP contribution in [-0.4, -0.2) is 36.8 Å². The largest absolute Gasteiger partial charge is 0.493 e. The first-order valence-corrected chi connectivity index (χ1v) is 15.8. The number of halogens is 1. The Morgan fingerprint density at radius 3 is 2.45 bits per heavy atom. The van der Waals surface area contributed by atoms with Gasteiger partial charge in [0.1, 0.15) is 12.6 Å². The maximum absolute atomic E-state index is 13.8. The fourth-order valence-electron chi connectivity index (χ4n) is 4.73. The van der Waals surface area contributed by atoms with E-state index in [2.05, 4.69) is 4.99 Å². The van der Waals surface area contributed by atoms with Gasteiger partial charge >= 0.3 is 11.9 Å². The van der Waals surface area contributed by atoms with Crippen molar-refractivity contribution in [3.05, 3.63) is 111 Å². The van der Waals surface area contributed by atoms with Gasteiger partial charge < -0.3 is 18.9 Å². The summed E-state index contributed by atoms with van der Waals surface area (Å²) in [6, 6.07) is 13.4. The summed E-state index contributed by atoms with van der Waals surface area (Å²) in [4.78, 5) is 44.6. The van der Waals surface area contributed by atoms with Crippen LogP contribution in [0.2, 0.25) is 5.02 Å². The van der Waals surface area contributed by atoms with E-state index in [0.717, 1.165) is 10.4 Å². The maximum Gasteiger partial charge on any atom is 0.338 e. The molecule has 228 valence electrons. The topological polar surface area (TPSA) is 105 Å². The second kappa shape index (κ2) is 13.6. The molecule has 4 aromatic rings. The number of carbonyl (C=O) groups is 2. The summed E-state index contributed by atoms with van der Waals surface area (Å²) in [6.45, 7) is 5.94. The average molecular weight is 653 g/mol. The summed E-state index contributed by atoms with van der Waals surface area (Å²) in [7, 11) is 1.50. The molecule has 12 heteroatoms. The molecule has 0 unspecified atom stereocenters. The van der Waals surface area contributed by atoms with Gasteiger partial charge in [0.25, 0.3) is 5.56 Å². The maximum atomic E-state index is 13.8. The Hall–Kier alpha value is -4.19. The van der Waals surface area contributed by atoms with Gasteiger partial charge in [-0.15, -0.1) is 11.3 Å². The molecule has 0 N–H and O–H groups in total. The van der Waals surface area contributed by atoms with Crippen molar-refractivity contribution in [2.75, 3.05) is 20.3 Å². The van der Waals surface area contributed by atoms with Crippen LogP contribution in [0.4, 0.5) is 0 Å². The normalized spacial score (nSPS) is 14.6. The van der Waals surface area contributed by atoms with E-state index in [9.17, 15) is 14.4 Å². The minimum absolute atomic E-state index is 0.183. The van der Waals surface area contributed by atoms with Crippen molar-refractivity contribution >= 4 is 52.3 Å². The number of rotatable bonds is 10. The molecule has 0 aliphatic carbocycles. The fourth-order valence-corrected chi connectivity index (χ4v) is 6.87. The Morgan fingerprint density at radius 1 is 1.07 bits per heavy atom. The number of esters is 2. The summed E-state index contributed by atoms with van der Waals surface area (Å²) in [5.41, 5.74) is 2.46. The number of benzene rings is 2. The molecule has 3 heterocycles. The van der Waals surface area contributed by atoms with Gasteiger partial charge in [-0.05, 0) is 73.7 Å². The molecular weight excluding hydrogens is 624 g/mol. The lowest BCUT2D eigenvalue weighted by molar-refractivity contribution is -0.139. The first-order valence-electron chi connectivity index (χ1n) is 13.7. The van der Waals surface area contributed by atoms with E-state index >= 15 is 0 Å². The minimum atomic E-state index is -0.646. The van der Waals surface area contributed by atoms with Crippen LogP contribution in [0.3, 0.4) is 0 Å². The quantitative estimate of drug-likeness (QED) is 0.215. The number of methoxy groups -OCH3 is 1. The highest BCUT2D eigenvalue weighted by Gasteiger charge is 2.34. The second-order valence-electron chi connectivity index (χ2n) is 9.56. The number of thiophene rings is 1. The highest BCUT2D eigenvalue weighted by Crippen LogP contribution is 2.37. The van der Waals surface area contributed by atoms with Crippen molar-refractivity contribution in [1.82, 2.24) is 4.57 Å². The Kier molecular flexibility index (Phi) is 9.68. The molecule has 0 fully saturated rings. The SMILES string of the molecule is CCOC(=O)C1=C(C)N=c2s/c(=C\c3cc(Cl)c(OCc4ccc(C(=O)OCC)cc4)c(OC)c3)c(=O)n2[C@@H]1c1cccs1. The van der Waals surface area contributed by atoms with Crippen LogP contribution in [0.25, 0.3) is 6.08 Å².